The number of anilines is 1. The van der Waals surface area contributed by atoms with Crippen LogP contribution >= 0.6 is 0 Å². The zero-order chi connectivity index (χ0) is 16.9. The van der Waals surface area contributed by atoms with E-state index in [2.05, 4.69) is 39.9 Å². The van der Waals surface area contributed by atoms with Crippen LogP contribution in [0.25, 0.3) is 0 Å². The number of pyridine rings is 1. The summed E-state index contributed by atoms with van der Waals surface area (Å²) in [5, 5.41) is 3.04. The van der Waals surface area contributed by atoms with Gasteiger partial charge in [0.05, 0.1) is 13.2 Å². The van der Waals surface area contributed by atoms with Gasteiger partial charge in [0.2, 0.25) is 5.91 Å². The molecule has 1 aromatic rings. The standard InChI is InChI=1S/C17H27N5O2/c1-12(2)14-10-15(21-20-14)17(23)19-11-13-4-3-5-18-16(13)22-6-8-24-9-7-22/h3-5,12,14-15,20-21H,6-11H2,1-2H3,(H,19,23). The van der Waals surface area contributed by atoms with E-state index in [-0.39, 0.29) is 11.9 Å². The summed E-state index contributed by atoms with van der Waals surface area (Å²) < 4.78 is 5.40. The minimum absolute atomic E-state index is 0.0300. The van der Waals surface area contributed by atoms with Crippen LogP contribution < -0.4 is 21.1 Å². The number of carbonyl (C=O) groups is 1. The Morgan fingerprint density at radius 2 is 2.21 bits per heavy atom. The fraction of sp³-hybridized carbons (Fsp3) is 0.647. The Morgan fingerprint density at radius 1 is 1.42 bits per heavy atom. The third kappa shape index (κ3) is 4.03. The average Bonchev–Trinajstić information content (AvgIpc) is 3.11. The number of rotatable bonds is 5. The minimum Gasteiger partial charge on any atom is -0.378 e. The number of amides is 1. The number of hydrogen-bond acceptors (Lipinski definition) is 6. The molecule has 0 bridgehead atoms. The Kier molecular flexibility index (Phi) is 5.65. The summed E-state index contributed by atoms with van der Waals surface area (Å²) in [6, 6.07) is 4.09. The van der Waals surface area contributed by atoms with Crippen LogP contribution in [0.2, 0.25) is 0 Å². The van der Waals surface area contributed by atoms with Crippen LogP contribution in [-0.2, 0) is 16.1 Å². The van der Waals surface area contributed by atoms with Crippen molar-refractivity contribution in [1.82, 2.24) is 21.2 Å². The van der Waals surface area contributed by atoms with Crippen LogP contribution in [0.3, 0.4) is 0 Å². The van der Waals surface area contributed by atoms with Gasteiger partial charge in [-0.1, -0.05) is 19.9 Å². The van der Waals surface area contributed by atoms with Crippen molar-refractivity contribution in [2.24, 2.45) is 5.92 Å². The quantitative estimate of drug-likeness (QED) is 0.725. The first-order valence-corrected chi connectivity index (χ1v) is 8.70. The number of hydrazine groups is 1. The molecule has 24 heavy (non-hydrogen) atoms. The monoisotopic (exact) mass is 333 g/mol. The van der Waals surface area contributed by atoms with Crippen molar-refractivity contribution in [3.05, 3.63) is 23.9 Å². The van der Waals surface area contributed by atoms with Crippen LogP contribution in [0.4, 0.5) is 5.82 Å². The maximum absolute atomic E-state index is 12.4. The smallest absolute Gasteiger partial charge is 0.238 e. The highest BCUT2D eigenvalue weighted by Crippen LogP contribution is 2.19. The molecule has 1 amide bonds. The lowest BCUT2D eigenvalue weighted by Crippen LogP contribution is -2.43. The number of aromatic nitrogens is 1. The predicted molar refractivity (Wildman–Crippen MR) is 92.4 cm³/mol. The molecule has 2 aliphatic rings. The highest BCUT2D eigenvalue weighted by atomic mass is 16.5. The van der Waals surface area contributed by atoms with Gasteiger partial charge in [-0.3, -0.25) is 10.2 Å². The number of nitrogens with zero attached hydrogens (tertiary/aromatic N) is 2. The Bertz CT molecular complexity index is 560. The van der Waals surface area contributed by atoms with Crippen LogP contribution in [0, 0.1) is 5.92 Å². The van der Waals surface area contributed by atoms with Gasteiger partial charge in [-0.15, -0.1) is 0 Å². The summed E-state index contributed by atoms with van der Waals surface area (Å²) in [5.41, 5.74) is 7.34. The zero-order valence-electron chi connectivity index (χ0n) is 14.4. The third-order valence-corrected chi connectivity index (χ3v) is 4.69. The van der Waals surface area contributed by atoms with Gasteiger partial charge in [-0.2, -0.15) is 0 Å². The zero-order valence-corrected chi connectivity index (χ0v) is 14.4. The molecule has 132 valence electrons. The first-order chi connectivity index (χ1) is 11.6. The van der Waals surface area contributed by atoms with Crippen molar-refractivity contribution >= 4 is 11.7 Å². The molecule has 2 atom stereocenters. The number of morpholine rings is 1. The van der Waals surface area contributed by atoms with Crippen molar-refractivity contribution < 1.29 is 9.53 Å². The molecule has 0 aromatic carbocycles. The van der Waals surface area contributed by atoms with Crippen molar-refractivity contribution in [2.75, 3.05) is 31.2 Å². The van der Waals surface area contributed by atoms with Gasteiger partial charge in [-0.25, -0.2) is 10.4 Å². The van der Waals surface area contributed by atoms with Gasteiger partial charge >= 0.3 is 0 Å². The maximum atomic E-state index is 12.4. The molecule has 2 fully saturated rings. The van der Waals surface area contributed by atoms with Gasteiger partial charge in [0, 0.05) is 37.4 Å². The largest absolute Gasteiger partial charge is 0.378 e. The molecule has 3 rings (SSSR count). The normalized spacial score (nSPS) is 24.4. The number of carbonyl (C=O) groups excluding carboxylic acids is 1. The van der Waals surface area contributed by atoms with Crippen molar-refractivity contribution in [2.45, 2.75) is 38.9 Å². The Balaban J connectivity index is 1.57. The SMILES string of the molecule is CC(C)C1CC(C(=O)NCc2cccnc2N2CCOCC2)NN1. The molecule has 3 N–H and O–H groups in total. The van der Waals surface area contributed by atoms with Crippen molar-refractivity contribution in [3.63, 3.8) is 0 Å². The van der Waals surface area contributed by atoms with Gasteiger partial charge in [0.15, 0.2) is 0 Å². The lowest BCUT2D eigenvalue weighted by molar-refractivity contribution is -0.123. The van der Waals surface area contributed by atoms with E-state index in [9.17, 15) is 4.79 Å². The first kappa shape index (κ1) is 17.1. The Labute approximate surface area is 143 Å². The number of nitrogens with one attached hydrogen (secondary N) is 3. The lowest BCUT2D eigenvalue weighted by Gasteiger charge is -2.29. The van der Waals surface area contributed by atoms with Gasteiger partial charge < -0.3 is 15.0 Å². The van der Waals surface area contributed by atoms with E-state index in [1.165, 1.54) is 0 Å². The highest BCUT2D eigenvalue weighted by Gasteiger charge is 2.30. The molecule has 0 saturated carbocycles. The third-order valence-electron chi connectivity index (χ3n) is 4.69. The molecule has 2 saturated heterocycles. The molecule has 0 radical (unpaired) electrons. The molecular formula is C17H27N5O2. The average molecular weight is 333 g/mol. The molecule has 2 aliphatic heterocycles. The van der Waals surface area contributed by atoms with E-state index in [1.807, 2.05) is 12.1 Å². The van der Waals surface area contributed by atoms with Crippen molar-refractivity contribution in [3.8, 4) is 0 Å². The van der Waals surface area contributed by atoms with Gasteiger partial charge in [0.1, 0.15) is 11.9 Å². The van der Waals surface area contributed by atoms with E-state index in [1.54, 1.807) is 6.20 Å². The molecule has 3 heterocycles. The van der Waals surface area contributed by atoms with Crippen molar-refractivity contribution in [1.29, 1.82) is 0 Å². The summed E-state index contributed by atoms with van der Waals surface area (Å²) in [5.74, 6) is 1.47. The molecule has 0 aliphatic carbocycles. The summed E-state index contributed by atoms with van der Waals surface area (Å²) >= 11 is 0. The van der Waals surface area contributed by atoms with Gasteiger partial charge in [-0.05, 0) is 18.4 Å². The molecule has 1 aromatic heterocycles. The topological polar surface area (TPSA) is 78.5 Å². The van der Waals surface area contributed by atoms with E-state index < -0.39 is 0 Å². The fourth-order valence-electron chi connectivity index (χ4n) is 3.12. The van der Waals surface area contributed by atoms with Crippen LogP contribution in [0.1, 0.15) is 25.8 Å². The maximum Gasteiger partial charge on any atom is 0.238 e. The van der Waals surface area contributed by atoms with E-state index in [0.717, 1.165) is 44.1 Å². The molecule has 2 unspecified atom stereocenters. The fourth-order valence-corrected chi connectivity index (χ4v) is 3.12. The van der Waals surface area contributed by atoms with E-state index in [4.69, 9.17) is 4.74 Å². The molecule has 0 spiro atoms. The first-order valence-electron chi connectivity index (χ1n) is 8.70. The van der Waals surface area contributed by atoms with E-state index in [0.29, 0.717) is 18.5 Å². The summed E-state index contributed by atoms with van der Waals surface area (Å²) in [7, 11) is 0. The van der Waals surface area contributed by atoms with Crippen LogP contribution in [0.5, 0.6) is 0 Å². The molecule has 7 heteroatoms. The second-order valence-electron chi connectivity index (χ2n) is 6.73. The van der Waals surface area contributed by atoms with E-state index >= 15 is 0 Å². The Morgan fingerprint density at radius 3 is 2.92 bits per heavy atom. The number of hydrogen-bond donors (Lipinski definition) is 3. The Hall–Kier alpha value is -1.70. The molecule has 7 nitrogen and oxygen atoms in total. The summed E-state index contributed by atoms with van der Waals surface area (Å²) in [6.07, 6.45) is 2.61. The predicted octanol–water partition coefficient (Wildman–Crippen LogP) is 0.426. The minimum atomic E-state index is -0.180. The van der Waals surface area contributed by atoms with Crippen LogP contribution in [0.15, 0.2) is 18.3 Å². The van der Waals surface area contributed by atoms with Gasteiger partial charge in [0.25, 0.3) is 0 Å². The summed E-state index contributed by atoms with van der Waals surface area (Å²) in [6.45, 7) is 7.91. The lowest BCUT2D eigenvalue weighted by atomic mass is 9.99. The second kappa shape index (κ2) is 7.92. The highest BCUT2D eigenvalue weighted by molar-refractivity contribution is 5.82. The number of ether oxygens (including phenoxy) is 1. The molecular weight excluding hydrogens is 306 g/mol. The van der Waals surface area contributed by atoms with Crippen LogP contribution in [-0.4, -0.2) is 49.3 Å². The summed E-state index contributed by atoms with van der Waals surface area (Å²) in [4.78, 5) is 19.1. The second-order valence-corrected chi connectivity index (χ2v) is 6.73.